The number of hydrogen-bond donors (Lipinski definition) is 0. The summed E-state index contributed by atoms with van der Waals surface area (Å²) in [5, 5.41) is 0. The van der Waals surface area contributed by atoms with Gasteiger partial charge in [0, 0.05) is 37.5 Å². The van der Waals surface area contributed by atoms with Crippen LogP contribution < -0.4 is 0 Å². The molecule has 10 atom stereocenters. The molecule has 170 valence electrons. The van der Waals surface area contributed by atoms with Gasteiger partial charge in [0.15, 0.2) is 5.79 Å². The van der Waals surface area contributed by atoms with Crippen LogP contribution in [0.15, 0.2) is 11.6 Å². The highest BCUT2D eigenvalue weighted by atomic mass is 16.7. The molecule has 1 spiro atoms. The molecular weight excluding hydrogens is 388 g/mol. The Morgan fingerprint density at radius 3 is 2.58 bits per heavy atom. The minimum Gasteiger partial charge on any atom is -0.349 e. The van der Waals surface area contributed by atoms with Gasteiger partial charge in [-0.25, -0.2) is 0 Å². The van der Waals surface area contributed by atoms with Crippen LogP contribution in [-0.4, -0.2) is 30.1 Å². The van der Waals surface area contributed by atoms with Crippen LogP contribution in [0.1, 0.15) is 79.1 Å². The van der Waals surface area contributed by atoms with Gasteiger partial charge in [0.1, 0.15) is 11.6 Å². The van der Waals surface area contributed by atoms with Crippen LogP contribution in [0.5, 0.6) is 0 Å². The van der Waals surface area contributed by atoms with E-state index in [9.17, 15) is 9.59 Å². The number of fused-ring (bicyclic) bond motifs is 7. The van der Waals surface area contributed by atoms with Gasteiger partial charge in [-0.1, -0.05) is 32.4 Å². The zero-order valence-corrected chi connectivity index (χ0v) is 19.6. The molecule has 5 fully saturated rings. The molecule has 4 aliphatic carbocycles. The van der Waals surface area contributed by atoms with E-state index in [0.717, 1.165) is 45.1 Å². The van der Waals surface area contributed by atoms with Crippen molar-refractivity contribution in [3.63, 3.8) is 0 Å². The average Bonchev–Trinajstić information content (AvgIpc) is 3.18. The molecule has 0 aromatic carbocycles. The number of carbonyl (C=O) groups is 2. The lowest BCUT2D eigenvalue weighted by Crippen LogP contribution is -2.55. The summed E-state index contributed by atoms with van der Waals surface area (Å²) in [5.74, 6) is 2.68. The summed E-state index contributed by atoms with van der Waals surface area (Å²) in [6.07, 6.45) is 9.77. The van der Waals surface area contributed by atoms with Crippen LogP contribution >= 0.6 is 0 Å². The van der Waals surface area contributed by atoms with E-state index in [0.29, 0.717) is 48.1 Å². The molecule has 2 saturated heterocycles. The maximum Gasteiger partial charge on any atom is 0.172 e. The smallest absolute Gasteiger partial charge is 0.172 e. The highest BCUT2D eigenvalue weighted by Crippen LogP contribution is 2.68. The second-order valence-corrected chi connectivity index (χ2v) is 12.4. The first kappa shape index (κ1) is 20.6. The Bertz CT molecular complexity index is 851. The van der Waals surface area contributed by atoms with Gasteiger partial charge in [-0.15, -0.1) is 0 Å². The topological polar surface area (TPSA) is 52.6 Å². The van der Waals surface area contributed by atoms with Crippen molar-refractivity contribution in [2.75, 3.05) is 6.61 Å². The number of carbonyl (C=O) groups excluding carboxylic acids is 2. The standard InChI is InChI=1S/C27H38O4/c1-15-7-10-27(30-14-15)16(2)24-22(31-27)12-21-19-6-5-17-11-18(28)8-9-25(17,3)20(19)13-23(29)26(21,24)4/h12,15-17,19-20,22,24H,5-11,13-14H2,1-4H3/t15-,16+,17+,19-,20+,22+,24+,25+,26-,27-/m1/s1. The molecule has 2 heterocycles. The summed E-state index contributed by atoms with van der Waals surface area (Å²) in [5.41, 5.74) is 1.10. The molecule has 0 N–H and O–H groups in total. The molecule has 2 aliphatic heterocycles. The average molecular weight is 427 g/mol. The van der Waals surface area contributed by atoms with Crippen molar-refractivity contribution in [3.05, 3.63) is 11.6 Å². The minimum atomic E-state index is -0.503. The van der Waals surface area contributed by atoms with E-state index in [1.54, 1.807) is 0 Å². The molecule has 6 rings (SSSR count). The molecule has 0 aromatic rings. The van der Waals surface area contributed by atoms with Gasteiger partial charge < -0.3 is 9.47 Å². The van der Waals surface area contributed by atoms with Crippen molar-refractivity contribution in [2.24, 2.45) is 46.3 Å². The van der Waals surface area contributed by atoms with Gasteiger partial charge >= 0.3 is 0 Å². The molecule has 0 radical (unpaired) electrons. The third-order valence-corrected chi connectivity index (χ3v) is 11.0. The fourth-order valence-corrected chi connectivity index (χ4v) is 9.02. The van der Waals surface area contributed by atoms with Crippen molar-refractivity contribution in [1.82, 2.24) is 0 Å². The van der Waals surface area contributed by atoms with E-state index >= 15 is 0 Å². The Labute approximate surface area is 186 Å². The quantitative estimate of drug-likeness (QED) is 0.506. The van der Waals surface area contributed by atoms with Gasteiger partial charge in [-0.2, -0.15) is 0 Å². The zero-order valence-electron chi connectivity index (χ0n) is 19.6. The lowest BCUT2D eigenvalue weighted by Gasteiger charge is -2.58. The monoisotopic (exact) mass is 426 g/mol. The van der Waals surface area contributed by atoms with Gasteiger partial charge in [-0.3, -0.25) is 9.59 Å². The van der Waals surface area contributed by atoms with E-state index in [4.69, 9.17) is 9.47 Å². The van der Waals surface area contributed by atoms with Gasteiger partial charge in [-0.05, 0) is 61.7 Å². The molecule has 31 heavy (non-hydrogen) atoms. The van der Waals surface area contributed by atoms with Crippen molar-refractivity contribution in [3.8, 4) is 0 Å². The number of allylic oxidation sites excluding steroid dienone is 1. The number of ether oxygens (including phenoxy) is 2. The second kappa shape index (κ2) is 6.53. The molecular formula is C27H38O4. The lowest BCUT2D eigenvalue weighted by molar-refractivity contribution is -0.265. The predicted molar refractivity (Wildman–Crippen MR) is 117 cm³/mol. The van der Waals surface area contributed by atoms with Gasteiger partial charge in [0.05, 0.1) is 18.1 Å². The van der Waals surface area contributed by atoms with Crippen molar-refractivity contribution >= 4 is 11.6 Å². The summed E-state index contributed by atoms with van der Waals surface area (Å²) >= 11 is 0. The Morgan fingerprint density at radius 2 is 1.84 bits per heavy atom. The van der Waals surface area contributed by atoms with E-state index in [1.807, 2.05) is 0 Å². The maximum absolute atomic E-state index is 13.9. The number of ketones is 2. The minimum absolute atomic E-state index is 0.00423. The molecule has 0 aromatic heterocycles. The highest BCUT2D eigenvalue weighted by molar-refractivity contribution is 5.91. The molecule has 3 saturated carbocycles. The van der Waals surface area contributed by atoms with Crippen LogP contribution in [0, 0.1) is 46.3 Å². The fourth-order valence-electron chi connectivity index (χ4n) is 9.02. The molecule has 0 amide bonds. The third-order valence-electron chi connectivity index (χ3n) is 11.0. The molecule has 0 bridgehead atoms. The second-order valence-electron chi connectivity index (χ2n) is 12.4. The Kier molecular flexibility index (Phi) is 4.34. The molecule has 0 unspecified atom stereocenters. The zero-order chi connectivity index (χ0) is 21.8. The predicted octanol–water partition coefficient (Wildman–Crippen LogP) is 5.10. The number of hydrogen-bond acceptors (Lipinski definition) is 4. The Balaban J connectivity index is 1.35. The largest absolute Gasteiger partial charge is 0.349 e. The normalized spacial score (nSPS) is 56.0. The van der Waals surface area contributed by atoms with Gasteiger partial charge in [0.25, 0.3) is 0 Å². The summed E-state index contributed by atoms with van der Waals surface area (Å²) < 4.78 is 13.1. The molecule has 4 heteroatoms. The number of rotatable bonds is 0. The molecule has 4 nitrogen and oxygen atoms in total. The first-order valence-electron chi connectivity index (χ1n) is 12.8. The van der Waals surface area contributed by atoms with Crippen LogP contribution in [-0.2, 0) is 19.1 Å². The summed E-state index contributed by atoms with van der Waals surface area (Å²) in [6.45, 7) is 9.89. The Morgan fingerprint density at radius 1 is 1.03 bits per heavy atom. The fraction of sp³-hybridized carbons (Fsp3) is 0.852. The molecule has 6 aliphatic rings. The van der Waals surface area contributed by atoms with Crippen LogP contribution in [0.4, 0.5) is 0 Å². The van der Waals surface area contributed by atoms with Crippen LogP contribution in [0.25, 0.3) is 0 Å². The van der Waals surface area contributed by atoms with Crippen molar-refractivity contribution < 1.29 is 19.1 Å². The van der Waals surface area contributed by atoms with E-state index in [1.165, 1.54) is 5.57 Å². The maximum atomic E-state index is 13.9. The first-order chi connectivity index (χ1) is 14.7. The first-order valence-corrected chi connectivity index (χ1v) is 12.8. The highest BCUT2D eigenvalue weighted by Gasteiger charge is 2.68. The van der Waals surface area contributed by atoms with Crippen molar-refractivity contribution in [1.29, 1.82) is 0 Å². The van der Waals surface area contributed by atoms with Crippen LogP contribution in [0.3, 0.4) is 0 Å². The van der Waals surface area contributed by atoms with Gasteiger partial charge in [0.2, 0.25) is 0 Å². The number of Topliss-reactive ketones (excluding diaryl/α,β-unsaturated/α-hetero) is 2. The van der Waals surface area contributed by atoms with E-state index in [2.05, 4.69) is 33.8 Å². The van der Waals surface area contributed by atoms with Crippen molar-refractivity contribution in [2.45, 2.75) is 91.0 Å². The summed E-state index contributed by atoms with van der Waals surface area (Å²) in [4.78, 5) is 26.1. The van der Waals surface area contributed by atoms with E-state index in [-0.39, 0.29) is 23.4 Å². The summed E-state index contributed by atoms with van der Waals surface area (Å²) in [6, 6.07) is 0. The summed E-state index contributed by atoms with van der Waals surface area (Å²) in [7, 11) is 0. The Hall–Kier alpha value is -1.00. The SMILES string of the molecule is C[C@@H]1CC[C@@]2(OC1)O[C@H]1C=C3[C@@H]4CC[C@H]5CC(=O)CC[C@]5(C)[C@H]4CC(=O)[C@]3(C)[C@H]1[C@@H]2C. The van der Waals surface area contributed by atoms with E-state index < -0.39 is 11.2 Å². The van der Waals surface area contributed by atoms with Crippen LogP contribution in [0.2, 0.25) is 0 Å². The third kappa shape index (κ3) is 2.55. The lowest BCUT2D eigenvalue weighted by atomic mass is 9.45.